The van der Waals surface area contributed by atoms with Gasteiger partial charge in [-0.25, -0.2) is 9.18 Å². The number of nitrogen functional groups attached to an aromatic ring is 1. The second kappa shape index (κ2) is 5.44. The molecule has 1 heterocycles. The Morgan fingerprint density at radius 1 is 1.29 bits per heavy atom. The molecule has 0 fully saturated rings. The largest absolute Gasteiger partial charge is 0.486 e. The van der Waals surface area contributed by atoms with Crippen molar-refractivity contribution in [3.8, 4) is 5.75 Å². The van der Waals surface area contributed by atoms with Crippen LogP contribution in [0.5, 0.6) is 5.75 Å². The number of fused-ring (bicyclic) bond motifs is 1. The van der Waals surface area contributed by atoms with E-state index in [-0.39, 0.29) is 18.5 Å². The molecule has 3 rings (SSSR count). The summed E-state index contributed by atoms with van der Waals surface area (Å²) in [6.45, 7) is 0.125. The maximum absolute atomic E-state index is 13.1. The summed E-state index contributed by atoms with van der Waals surface area (Å²) in [5.41, 5.74) is 7.38. The van der Waals surface area contributed by atoms with Gasteiger partial charge in [-0.3, -0.25) is 0 Å². The quantitative estimate of drug-likeness (QED) is 0.696. The number of carbonyl (C=O) groups excluding carboxylic acids is 1. The number of ether oxygens (including phenoxy) is 2. The molecule has 2 aromatic rings. The zero-order valence-corrected chi connectivity index (χ0v) is 11.2. The van der Waals surface area contributed by atoms with Gasteiger partial charge in [0, 0.05) is 17.7 Å². The minimum Gasteiger partial charge on any atom is -0.486 e. The molecule has 0 amide bonds. The smallest absolute Gasteiger partial charge is 0.338 e. The van der Waals surface area contributed by atoms with E-state index >= 15 is 0 Å². The number of hydrogen-bond acceptors (Lipinski definition) is 4. The molecule has 1 aliphatic rings. The lowest BCUT2D eigenvalue weighted by Crippen LogP contribution is -2.22. The van der Waals surface area contributed by atoms with Gasteiger partial charge in [0.25, 0.3) is 0 Å². The van der Waals surface area contributed by atoms with E-state index in [4.69, 9.17) is 15.2 Å². The third-order valence-corrected chi connectivity index (χ3v) is 3.31. The van der Waals surface area contributed by atoms with E-state index in [1.165, 1.54) is 12.1 Å². The molecule has 1 atom stereocenters. The summed E-state index contributed by atoms with van der Waals surface area (Å²) in [5.74, 6) is -0.0810. The minimum atomic E-state index is -0.430. The maximum Gasteiger partial charge on any atom is 0.338 e. The van der Waals surface area contributed by atoms with Gasteiger partial charge in [-0.2, -0.15) is 0 Å². The Hall–Kier alpha value is -2.56. The first kappa shape index (κ1) is 13.4. The Morgan fingerprint density at radius 2 is 2.05 bits per heavy atom. The average Bonchev–Trinajstić information content (AvgIpc) is 2.87. The molecule has 21 heavy (non-hydrogen) atoms. The number of rotatable bonds is 3. The third kappa shape index (κ3) is 2.97. The van der Waals surface area contributed by atoms with Crippen molar-refractivity contribution in [3.63, 3.8) is 0 Å². The molecule has 5 heteroatoms. The summed E-state index contributed by atoms with van der Waals surface area (Å²) in [6, 6.07) is 10.9. The Balaban J connectivity index is 1.57. The number of anilines is 1. The molecule has 0 aromatic heterocycles. The van der Waals surface area contributed by atoms with E-state index in [1.807, 2.05) is 0 Å². The van der Waals surface area contributed by atoms with Gasteiger partial charge in [0.1, 0.15) is 24.3 Å². The summed E-state index contributed by atoms with van der Waals surface area (Å²) in [4.78, 5) is 11.9. The van der Waals surface area contributed by atoms with Crippen molar-refractivity contribution in [2.24, 2.45) is 0 Å². The van der Waals surface area contributed by atoms with Gasteiger partial charge in [0.2, 0.25) is 0 Å². The van der Waals surface area contributed by atoms with Crippen LogP contribution >= 0.6 is 0 Å². The fourth-order valence-corrected chi connectivity index (χ4v) is 2.25. The fourth-order valence-electron chi connectivity index (χ4n) is 2.25. The highest BCUT2D eigenvalue weighted by Crippen LogP contribution is 2.29. The monoisotopic (exact) mass is 287 g/mol. The Labute approximate surface area is 121 Å². The van der Waals surface area contributed by atoms with E-state index in [0.29, 0.717) is 23.4 Å². The van der Waals surface area contributed by atoms with E-state index in [0.717, 1.165) is 5.56 Å². The summed E-state index contributed by atoms with van der Waals surface area (Å²) in [5, 5.41) is 0. The molecule has 4 nitrogen and oxygen atoms in total. The highest BCUT2D eigenvalue weighted by atomic mass is 19.1. The fraction of sp³-hybridized carbons (Fsp3) is 0.188. The molecule has 0 bridgehead atoms. The van der Waals surface area contributed by atoms with Gasteiger partial charge in [-0.15, -0.1) is 0 Å². The first-order valence-corrected chi connectivity index (χ1v) is 6.59. The van der Waals surface area contributed by atoms with E-state index in [1.54, 1.807) is 30.3 Å². The molecule has 0 spiro atoms. The Kier molecular flexibility index (Phi) is 3.48. The second-order valence-electron chi connectivity index (χ2n) is 4.92. The molecular formula is C16H14FNO3. The molecule has 2 N–H and O–H groups in total. The SMILES string of the molecule is Nc1ccc(C(=O)OCC2Cc3cc(F)ccc3O2)cc1. The third-order valence-electron chi connectivity index (χ3n) is 3.31. The lowest BCUT2D eigenvalue weighted by atomic mass is 10.1. The molecule has 0 radical (unpaired) electrons. The van der Waals surface area contributed by atoms with Gasteiger partial charge < -0.3 is 15.2 Å². The van der Waals surface area contributed by atoms with Crippen molar-refractivity contribution in [2.75, 3.05) is 12.3 Å². The topological polar surface area (TPSA) is 61.6 Å². The molecule has 1 unspecified atom stereocenters. The summed E-state index contributed by atoms with van der Waals surface area (Å²) < 4.78 is 23.9. The van der Waals surface area contributed by atoms with Crippen molar-refractivity contribution >= 4 is 11.7 Å². The van der Waals surface area contributed by atoms with Crippen LogP contribution in [0.1, 0.15) is 15.9 Å². The lowest BCUT2D eigenvalue weighted by Gasteiger charge is -2.11. The minimum absolute atomic E-state index is 0.125. The lowest BCUT2D eigenvalue weighted by molar-refractivity contribution is 0.0347. The Morgan fingerprint density at radius 3 is 2.81 bits per heavy atom. The normalized spacial score (nSPS) is 16.1. The first-order valence-electron chi connectivity index (χ1n) is 6.59. The van der Waals surface area contributed by atoms with E-state index < -0.39 is 5.97 Å². The molecule has 0 saturated heterocycles. The van der Waals surface area contributed by atoms with Crippen LogP contribution in [0.2, 0.25) is 0 Å². The number of esters is 1. The highest BCUT2D eigenvalue weighted by Gasteiger charge is 2.24. The summed E-state index contributed by atoms with van der Waals surface area (Å²) >= 11 is 0. The predicted molar refractivity (Wildman–Crippen MR) is 75.7 cm³/mol. The van der Waals surface area contributed by atoms with Crippen molar-refractivity contribution < 1.29 is 18.7 Å². The van der Waals surface area contributed by atoms with Crippen LogP contribution in [0.25, 0.3) is 0 Å². The highest BCUT2D eigenvalue weighted by molar-refractivity contribution is 5.89. The van der Waals surface area contributed by atoms with Gasteiger partial charge in [-0.1, -0.05) is 0 Å². The van der Waals surface area contributed by atoms with Gasteiger partial charge in [0.05, 0.1) is 5.56 Å². The zero-order valence-electron chi connectivity index (χ0n) is 11.2. The zero-order chi connectivity index (χ0) is 14.8. The predicted octanol–water partition coefficient (Wildman–Crippen LogP) is 2.57. The standard InChI is InChI=1S/C16H14FNO3/c17-12-3-6-15-11(7-12)8-14(21-15)9-20-16(19)10-1-4-13(18)5-2-10/h1-7,14H,8-9,18H2. The molecular weight excluding hydrogens is 273 g/mol. The molecule has 1 aliphatic heterocycles. The van der Waals surface area contributed by atoms with Crippen molar-refractivity contribution in [1.29, 1.82) is 0 Å². The number of benzene rings is 2. The number of carbonyl (C=O) groups is 1. The van der Waals surface area contributed by atoms with Crippen molar-refractivity contribution in [1.82, 2.24) is 0 Å². The van der Waals surface area contributed by atoms with Crippen LogP contribution in [-0.4, -0.2) is 18.7 Å². The summed E-state index contributed by atoms with van der Waals surface area (Å²) in [7, 11) is 0. The van der Waals surface area contributed by atoms with E-state index in [2.05, 4.69) is 0 Å². The van der Waals surface area contributed by atoms with Crippen LogP contribution < -0.4 is 10.5 Å². The van der Waals surface area contributed by atoms with Crippen LogP contribution in [0.15, 0.2) is 42.5 Å². The van der Waals surface area contributed by atoms with Crippen LogP contribution in [0.4, 0.5) is 10.1 Å². The average molecular weight is 287 g/mol. The summed E-state index contributed by atoms with van der Waals surface area (Å²) in [6.07, 6.45) is 0.252. The molecule has 0 saturated carbocycles. The number of hydrogen-bond donors (Lipinski definition) is 1. The first-order chi connectivity index (χ1) is 10.1. The Bertz CT molecular complexity index is 670. The number of halogens is 1. The molecule has 0 aliphatic carbocycles. The van der Waals surface area contributed by atoms with Gasteiger partial charge in [-0.05, 0) is 42.5 Å². The second-order valence-corrected chi connectivity index (χ2v) is 4.92. The van der Waals surface area contributed by atoms with Gasteiger partial charge >= 0.3 is 5.97 Å². The van der Waals surface area contributed by atoms with Gasteiger partial charge in [0.15, 0.2) is 0 Å². The maximum atomic E-state index is 13.1. The molecule has 2 aromatic carbocycles. The van der Waals surface area contributed by atoms with Crippen LogP contribution in [0, 0.1) is 5.82 Å². The number of nitrogens with two attached hydrogens (primary N) is 1. The van der Waals surface area contributed by atoms with Crippen LogP contribution in [0.3, 0.4) is 0 Å². The van der Waals surface area contributed by atoms with E-state index in [9.17, 15) is 9.18 Å². The molecule has 108 valence electrons. The van der Waals surface area contributed by atoms with Crippen LogP contribution in [-0.2, 0) is 11.2 Å². The van der Waals surface area contributed by atoms with Crippen molar-refractivity contribution in [2.45, 2.75) is 12.5 Å². The van der Waals surface area contributed by atoms with Crippen molar-refractivity contribution in [3.05, 3.63) is 59.4 Å².